The summed E-state index contributed by atoms with van der Waals surface area (Å²) in [5.74, 6) is 0.548. The van der Waals surface area contributed by atoms with Crippen molar-refractivity contribution in [2.75, 3.05) is 32.0 Å². The van der Waals surface area contributed by atoms with Crippen LogP contribution >= 0.6 is 0 Å². The van der Waals surface area contributed by atoms with Gasteiger partial charge < -0.3 is 15.5 Å². The number of anilines is 1. The van der Waals surface area contributed by atoms with Crippen LogP contribution in [-0.4, -0.2) is 53.7 Å². The van der Waals surface area contributed by atoms with E-state index in [1.165, 1.54) is 0 Å². The van der Waals surface area contributed by atoms with Gasteiger partial charge in [0.15, 0.2) is 5.69 Å². The summed E-state index contributed by atoms with van der Waals surface area (Å²) in [4.78, 5) is 14.3. The first-order valence-corrected chi connectivity index (χ1v) is 6.76. The monoisotopic (exact) mass is 263 g/mol. The zero-order valence-corrected chi connectivity index (χ0v) is 11.5. The Morgan fingerprint density at radius 3 is 2.95 bits per heavy atom. The molecular weight excluding hydrogens is 242 g/mol. The van der Waals surface area contributed by atoms with Crippen LogP contribution in [0.3, 0.4) is 0 Å². The second-order valence-electron chi connectivity index (χ2n) is 4.91. The molecule has 1 atom stereocenters. The normalized spacial score (nSPS) is 20.0. The maximum absolute atomic E-state index is 12.0. The Bertz CT molecular complexity index is 420. The van der Waals surface area contributed by atoms with E-state index in [1.54, 1.807) is 12.1 Å². The quantitative estimate of drug-likeness (QED) is 0.838. The van der Waals surface area contributed by atoms with Crippen molar-refractivity contribution in [3.05, 3.63) is 17.8 Å². The molecule has 1 amide bonds. The first-order chi connectivity index (χ1) is 9.19. The smallest absolute Gasteiger partial charge is 0.272 e. The number of hydrogen-bond donors (Lipinski definition) is 2. The molecule has 0 aromatic carbocycles. The number of carbonyl (C=O) groups is 1. The maximum atomic E-state index is 12.0. The van der Waals surface area contributed by atoms with Gasteiger partial charge in [-0.05, 0) is 45.5 Å². The molecule has 0 saturated carbocycles. The SMILES string of the molecule is CCNc1ccc(C(=O)NC2CCCN(C)C2)nn1. The Balaban J connectivity index is 1.91. The fourth-order valence-electron chi connectivity index (χ4n) is 2.27. The first-order valence-electron chi connectivity index (χ1n) is 6.76. The van der Waals surface area contributed by atoms with Gasteiger partial charge in [-0.2, -0.15) is 0 Å². The maximum Gasteiger partial charge on any atom is 0.272 e. The predicted molar refractivity (Wildman–Crippen MR) is 74.2 cm³/mol. The Morgan fingerprint density at radius 2 is 2.32 bits per heavy atom. The fourth-order valence-corrected chi connectivity index (χ4v) is 2.27. The van der Waals surface area contributed by atoms with E-state index in [0.29, 0.717) is 11.5 Å². The molecule has 19 heavy (non-hydrogen) atoms. The topological polar surface area (TPSA) is 70.2 Å². The second-order valence-corrected chi connectivity index (χ2v) is 4.91. The summed E-state index contributed by atoms with van der Waals surface area (Å²) < 4.78 is 0. The number of piperidine rings is 1. The molecule has 1 aliphatic rings. The van der Waals surface area contributed by atoms with Gasteiger partial charge in [0.25, 0.3) is 5.91 Å². The van der Waals surface area contributed by atoms with Crippen molar-refractivity contribution in [1.29, 1.82) is 0 Å². The highest BCUT2D eigenvalue weighted by molar-refractivity contribution is 5.92. The number of likely N-dealkylation sites (tertiary alicyclic amines) is 1. The number of hydrogen-bond acceptors (Lipinski definition) is 5. The number of amides is 1. The van der Waals surface area contributed by atoms with E-state index < -0.39 is 0 Å². The molecule has 1 aromatic heterocycles. The molecule has 0 radical (unpaired) electrons. The van der Waals surface area contributed by atoms with Crippen LogP contribution in [0.5, 0.6) is 0 Å². The van der Waals surface area contributed by atoms with Crippen LogP contribution in [0.15, 0.2) is 12.1 Å². The van der Waals surface area contributed by atoms with Crippen LogP contribution in [-0.2, 0) is 0 Å². The summed E-state index contributed by atoms with van der Waals surface area (Å²) in [6.45, 7) is 4.77. The van der Waals surface area contributed by atoms with Crippen LogP contribution in [0.4, 0.5) is 5.82 Å². The van der Waals surface area contributed by atoms with Gasteiger partial charge in [-0.15, -0.1) is 10.2 Å². The molecule has 1 aliphatic heterocycles. The number of nitrogens with zero attached hydrogens (tertiary/aromatic N) is 3. The van der Waals surface area contributed by atoms with Crippen molar-refractivity contribution in [2.24, 2.45) is 0 Å². The molecule has 2 N–H and O–H groups in total. The highest BCUT2D eigenvalue weighted by Crippen LogP contribution is 2.09. The predicted octanol–water partition coefficient (Wildman–Crippen LogP) is 0.732. The molecule has 2 heterocycles. The first kappa shape index (κ1) is 13.7. The highest BCUT2D eigenvalue weighted by atomic mass is 16.2. The van der Waals surface area contributed by atoms with Gasteiger partial charge in [-0.25, -0.2) is 0 Å². The van der Waals surface area contributed by atoms with E-state index in [2.05, 4.69) is 32.8 Å². The summed E-state index contributed by atoms with van der Waals surface area (Å²) in [5.41, 5.74) is 0.370. The summed E-state index contributed by atoms with van der Waals surface area (Å²) in [6, 6.07) is 3.69. The number of nitrogens with one attached hydrogen (secondary N) is 2. The molecule has 0 aliphatic carbocycles. The molecule has 104 valence electrons. The second kappa shape index (κ2) is 6.47. The molecule has 6 heteroatoms. The molecule has 0 bridgehead atoms. The van der Waals surface area contributed by atoms with Gasteiger partial charge in [-0.1, -0.05) is 0 Å². The minimum Gasteiger partial charge on any atom is -0.369 e. The highest BCUT2D eigenvalue weighted by Gasteiger charge is 2.20. The molecular formula is C13H21N5O. The zero-order valence-electron chi connectivity index (χ0n) is 11.5. The average molecular weight is 263 g/mol. The standard InChI is InChI=1S/C13H21N5O/c1-3-14-12-7-6-11(16-17-12)13(19)15-10-5-4-8-18(2)9-10/h6-7,10H,3-5,8-9H2,1-2H3,(H,14,17)(H,15,19). The van der Waals surface area contributed by atoms with Crippen LogP contribution in [0, 0.1) is 0 Å². The van der Waals surface area contributed by atoms with E-state index in [1.807, 2.05) is 6.92 Å². The lowest BCUT2D eigenvalue weighted by Gasteiger charge is -2.30. The van der Waals surface area contributed by atoms with Gasteiger partial charge in [0.2, 0.25) is 0 Å². The summed E-state index contributed by atoms with van der Waals surface area (Å²) in [7, 11) is 2.07. The Morgan fingerprint density at radius 1 is 1.47 bits per heavy atom. The number of rotatable bonds is 4. The Hall–Kier alpha value is -1.69. The van der Waals surface area contributed by atoms with Gasteiger partial charge in [0.1, 0.15) is 5.82 Å². The van der Waals surface area contributed by atoms with Crippen LogP contribution in [0.1, 0.15) is 30.3 Å². The third-order valence-corrected chi connectivity index (χ3v) is 3.21. The molecule has 1 saturated heterocycles. The zero-order chi connectivity index (χ0) is 13.7. The third kappa shape index (κ3) is 3.89. The lowest BCUT2D eigenvalue weighted by Crippen LogP contribution is -2.46. The molecule has 2 rings (SSSR count). The lowest BCUT2D eigenvalue weighted by molar-refractivity contribution is 0.0906. The average Bonchev–Trinajstić information content (AvgIpc) is 2.40. The van der Waals surface area contributed by atoms with Crippen molar-refractivity contribution in [2.45, 2.75) is 25.8 Å². The van der Waals surface area contributed by atoms with Gasteiger partial charge >= 0.3 is 0 Å². The van der Waals surface area contributed by atoms with Crippen molar-refractivity contribution in [3.63, 3.8) is 0 Å². The van der Waals surface area contributed by atoms with E-state index in [-0.39, 0.29) is 11.9 Å². The minimum absolute atomic E-state index is 0.143. The lowest BCUT2D eigenvalue weighted by atomic mass is 10.1. The van der Waals surface area contributed by atoms with Crippen LogP contribution in [0.2, 0.25) is 0 Å². The number of aromatic nitrogens is 2. The third-order valence-electron chi connectivity index (χ3n) is 3.21. The molecule has 0 spiro atoms. The Kier molecular flexibility index (Phi) is 4.68. The molecule has 6 nitrogen and oxygen atoms in total. The van der Waals surface area contributed by atoms with Crippen molar-refractivity contribution < 1.29 is 4.79 Å². The van der Waals surface area contributed by atoms with E-state index >= 15 is 0 Å². The van der Waals surface area contributed by atoms with E-state index in [4.69, 9.17) is 0 Å². The van der Waals surface area contributed by atoms with Gasteiger partial charge in [0, 0.05) is 19.1 Å². The summed E-state index contributed by atoms with van der Waals surface area (Å²) >= 11 is 0. The van der Waals surface area contributed by atoms with Crippen LogP contribution in [0.25, 0.3) is 0 Å². The molecule has 1 fully saturated rings. The Labute approximate surface area is 113 Å². The molecule has 1 unspecified atom stereocenters. The summed E-state index contributed by atoms with van der Waals surface area (Å²) in [6.07, 6.45) is 2.14. The largest absolute Gasteiger partial charge is 0.369 e. The van der Waals surface area contributed by atoms with Crippen LogP contribution < -0.4 is 10.6 Å². The van der Waals surface area contributed by atoms with E-state index in [0.717, 1.165) is 32.5 Å². The van der Waals surface area contributed by atoms with Crippen molar-refractivity contribution in [3.8, 4) is 0 Å². The summed E-state index contributed by atoms with van der Waals surface area (Å²) in [5, 5.41) is 14.0. The number of likely N-dealkylation sites (N-methyl/N-ethyl adjacent to an activating group) is 1. The minimum atomic E-state index is -0.143. The van der Waals surface area contributed by atoms with Gasteiger partial charge in [0.05, 0.1) is 0 Å². The van der Waals surface area contributed by atoms with Crippen molar-refractivity contribution in [1.82, 2.24) is 20.4 Å². The number of carbonyl (C=O) groups excluding carboxylic acids is 1. The fraction of sp³-hybridized carbons (Fsp3) is 0.615. The van der Waals surface area contributed by atoms with E-state index in [9.17, 15) is 4.79 Å². The molecule has 1 aromatic rings. The van der Waals surface area contributed by atoms with Gasteiger partial charge in [-0.3, -0.25) is 4.79 Å². The van der Waals surface area contributed by atoms with Crippen molar-refractivity contribution >= 4 is 11.7 Å².